The molecule has 160 valence electrons. The maximum absolute atomic E-state index is 6.25. The maximum atomic E-state index is 6.25. The highest BCUT2D eigenvalue weighted by molar-refractivity contribution is 5.56. The summed E-state index contributed by atoms with van der Waals surface area (Å²) in [6.07, 6.45) is 6.74. The number of ether oxygens (including phenoxy) is 2. The van der Waals surface area contributed by atoms with Gasteiger partial charge in [0, 0.05) is 12.0 Å². The molecule has 2 heterocycles. The maximum Gasteiger partial charge on any atom is 0.164 e. The Morgan fingerprint density at radius 1 is 1.13 bits per heavy atom. The van der Waals surface area contributed by atoms with E-state index in [9.17, 15) is 0 Å². The van der Waals surface area contributed by atoms with Gasteiger partial charge in [0.2, 0.25) is 0 Å². The van der Waals surface area contributed by atoms with Crippen molar-refractivity contribution in [3.05, 3.63) is 41.6 Å². The van der Waals surface area contributed by atoms with Crippen LogP contribution in [-0.2, 0) is 6.54 Å². The van der Waals surface area contributed by atoms with E-state index in [1.54, 1.807) is 7.11 Å². The first-order valence-corrected chi connectivity index (χ1v) is 10.8. The Kier molecular flexibility index (Phi) is 5.90. The van der Waals surface area contributed by atoms with Crippen LogP contribution < -0.4 is 15.2 Å². The highest BCUT2D eigenvalue weighted by Gasteiger charge is 2.23. The normalized spacial score (nSPS) is 15.8. The third-order valence-electron chi connectivity index (χ3n) is 5.63. The van der Waals surface area contributed by atoms with Crippen molar-refractivity contribution in [2.75, 3.05) is 7.11 Å². The highest BCUT2D eigenvalue weighted by atomic mass is 16.5. The summed E-state index contributed by atoms with van der Waals surface area (Å²) in [5, 5.41) is 0. The predicted octanol–water partition coefficient (Wildman–Crippen LogP) is 4.30. The van der Waals surface area contributed by atoms with Crippen molar-refractivity contribution in [2.45, 2.75) is 71.1 Å². The first-order chi connectivity index (χ1) is 14.5. The van der Waals surface area contributed by atoms with Gasteiger partial charge in [-0.2, -0.15) is 0 Å². The number of benzene rings is 1. The molecule has 1 aliphatic carbocycles. The van der Waals surface area contributed by atoms with Crippen molar-refractivity contribution in [2.24, 2.45) is 5.73 Å². The molecule has 1 aromatic rings. The quantitative estimate of drug-likeness (QED) is 0.626. The topological polar surface area (TPSA) is 88.1 Å². The molecule has 0 amide bonds. The lowest BCUT2D eigenvalue weighted by atomic mass is 10.1. The van der Waals surface area contributed by atoms with Crippen molar-refractivity contribution >= 4 is 0 Å². The fraction of sp³-hybridized carbons (Fsp3) is 0.522. The van der Waals surface area contributed by atoms with E-state index in [0.717, 1.165) is 52.9 Å². The van der Waals surface area contributed by atoms with Gasteiger partial charge in [0.05, 0.1) is 31.8 Å². The van der Waals surface area contributed by atoms with Gasteiger partial charge in [-0.3, -0.25) is 0 Å². The molecule has 1 fully saturated rings. The number of imidazole rings is 1. The van der Waals surface area contributed by atoms with Crippen LogP contribution >= 0.6 is 0 Å². The standard InChI is InChI=1S/C23H31N5O2/c1-14(2)22-26-21-20(15(3)24)25-13-28(23(21)27-22)12-16-9-10-18(29-4)19(11-16)30-17-7-5-6-8-17/h9-11,13-15,17H,5-8,12,24H2,1-4H3. The molecule has 1 aromatic carbocycles. The highest BCUT2D eigenvalue weighted by Crippen LogP contribution is 2.33. The van der Waals surface area contributed by atoms with E-state index < -0.39 is 0 Å². The molecule has 0 radical (unpaired) electrons. The van der Waals surface area contributed by atoms with Crippen LogP contribution in [0.25, 0.3) is 11.5 Å². The van der Waals surface area contributed by atoms with E-state index in [1.807, 2.05) is 23.9 Å². The van der Waals surface area contributed by atoms with Gasteiger partial charge in [-0.25, -0.2) is 15.0 Å². The van der Waals surface area contributed by atoms with Crippen LogP contribution in [0.5, 0.6) is 11.5 Å². The summed E-state index contributed by atoms with van der Waals surface area (Å²) in [5.74, 6) is 3.43. The summed E-state index contributed by atoms with van der Waals surface area (Å²) >= 11 is 0. The molecule has 1 unspecified atom stereocenters. The smallest absolute Gasteiger partial charge is 0.164 e. The summed E-state index contributed by atoms with van der Waals surface area (Å²) < 4.78 is 13.8. The summed E-state index contributed by atoms with van der Waals surface area (Å²) in [7, 11) is 1.68. The number of hydrogen-bond donors (Lipinski definition) is 1. The Bertz CT molecular complexity index is 976. The average molecular weight is 410 g/mol. The third-order valence-corrected chi connectivity index (χ3v) is 5.63. The van der Waals surface area contributed by atoms with E-state index in [0.29, 0.717) is 6.54 Å². The number of rotatable bonds is 7. The minimum absolute atomic E-state index is 0.203. The van der Waals surface area contributed by atoms with Gasteiger partial charge < -0.3 is 19.8 Å². The van der Waals surface area contributed by atoms with Gasteiger partial charge in [0.1, 0.15) is 11.5 Å². The Morgan fingerprint density at radius 3 is 2.57 bits per heavy atom. The number of hydrogen-bond acceptors (Lipinski definition) is 6. The van der Waals surface area contributed by atoms with Crippen molar-refractivity contribution in [3.8, 4) is 23.0 Å². The lowest BCUT2D eigenvalue weighted by Gasteiger charge is -2.18. The lowest BCUT2D eigenvalue weighted by molar-refractivity contribution is 0.200. The second kappa shape index (κ2) is 8.60. The monoisotopic (exact) mass is 409 g/mol. The second-order valence-electron chi connectivity index (χ2n) is 8.46. The van der Waals surface area contributed by atoms with Crippen LogP contribution in [0, 0.1) is 0 Å². The van der Waals surface area contributed by atoms with Gasteiger partial charge >= 0.3 is 0 Å². The molecule has 4 rings (SSSR count). The Labute approximate surface area is 178 Å². The number of methoxy groups -OCH3 is 1. The summed E-state index contributed by atoms with van der Waals surface area (Å²) in [5.41, 5.74) is 8.79. The second-order valence-corrected chi connectivity index (χ2v) is 8.46. The fourth-order valence-corrected chi connectivity index (χ4v) is 3.97. The van der Waals surface area contributed by atoms with Gasteiger partial charge in [-0.15, -0.1) is 0 Å². The van der Waals surface area contributed by atoms with Crippen molar-refractivity contribution < 1.29 is 9.47 Å². The van der Waals surface area contributed by atoms with Crippen LogP contribution in [0.4, 0.5) is 0 Å². The molecule has 0 saturated heterocycles. The van der Waals surface area contributed by atoms with E-state index >= 15 is 0 Å². The molecular formula is C23H31N5O2. The zero-order valence-corrected chi connectivity index (χ0v) is 18.3. The largest absolute Gasteiger partial charge is 0.493 e. The van der Waals surface area contributed by atoms with Gasteiger partial charge in [-0.05, 0) is 50.3 Å². The van der Waals surface area contributed by atoms with Gasteiger partial charge in [0.15, 0.2) is 17.3 Å². The molecule has 2 N–H and O–H groups in total. The van der Waals surface area contributed by atoms with Crippen LogP contribution in [-0.4, -0.2) is 32.7 Å². The zero-order valence-electron chi connectivity index (χ0n) is 18.3. The molecule has 7 nitrogen and oxygen atoms in total. The summed E-state index contributed by atoms with van der Waals surface area (Å²) in [4.78, 5) is 14.1. The minimum Gasteiger partial charge on any atom is -0.493 e. The number of aromatic nitrogens is 4. The molecule has 0 spiro atoms. The SMILES string of the molecule is COc1ccc(Cn2cnc(C(C)N)c3nc(C(C)C)nc2-3)cc1OC1CCCC1. The molecule has 2 aliphatic heterocycles. The van der Waals surface area contributed by atoms with Gasteiger partial charge in [0.25, 0.3) is 0 Å². The molecule has 7 heteroatoms. The van der Waals surface area contributed by atoms with Crippen LogP contribution in [0.1, 0.15) is 75.5 Å². The van der Waals surface area contributed by atoms with E-state index in [4.69, 9.17) is 25.2 Å². The molecule has 1 atom stereocenters. The molecular weight excluding hydrogens is 378 g/mol. The van der Waals surface area contributed by atoms with Crippen molar-refractivity contribution in [1.29, 1.82) is 0 Å². The van der Waals surface area contributed by atoms with E-state index in [-0.39, 0.29) is 18.1 Å². The zero-order chi connectivity index (χ0) is 21.3. The van der Waals surface area contributed by atoms with Crippen LogP contribution in [0.15, 0.2) is 24.5 Å². The number of nitrogens with two attached hydrogens (primary N) is 1. The predicted molar refractivity (Wildman–Crippen MR) is 116 cm³/mol. The fourth-order valence-electron chi connectivity index (χ4n) is 3.97. The number of nitrogens with zero attached hydrogens (tertiary/aromatic N) is 4. The Morgan fingerprint density at radius 2 is 1.90 bits per heavy atom. The Balaban J connectivity index is 1.67. The van der Waals surface area contributed by atoms with E-state index in [2.05, 4.69) is 31.0 Å². The first kappa shape index (κ1) is 20.6. The molecule has 30 heavy (non-hydrogen) atoms. The molecule has 0 bridgehead atoms. The molecule has 3 aliphatic rings. The summed E-state index contributed by atoms with van der Waals surface area (Å²) in [6.45, 7) is 6.72. The molecule has 1 saturated carbocycles. The Hall–Kier alpha value is -2.67. The first-order valence-electron chi connectivity index (χ1n) is 10.8. The lowest BCUT2D eigenvalue weighted by Crippen LogP contribution is -2.15. The summed E-state index contributed by atoms with van der Waals surface area (Å²) in [6, 6.07) is 5.89. The average Bonchev–Trinajstić information content (AvgIpc) is 3.38. The van der Waals surface area contributed by atoms with E-state index in [1.165, 1.54) is 12.8 Å². The van der Waals surface area contributed by atoms with Crippen LogP contribution in [0.2, 0.25) is 0 Å². The third kappa shape index (κ3) is 4.12. The van der Waals surface area contributed by atoms with Gasteiger partial charge in [-0.1, -0.05) is 19.9 Å². The minimum atomic E-state index is -0.203. The van der Waals surface area contributed by atoms with Crippen molar-refractivity contribution in [3.63, 3.8) is 0 Å². The van der Waals surface area contributed by atoms with Crippen LogP contribution in [0.3, 0.4) is 0 Å². The molecule has 0 aromatic heterocycles. The van der Waals surface area contributed by atoms with Crippen molar-refractivity contribution in [1.82, 2.24) is 19.5 Å². The number of fused-ring (bicyclic) bond motifs is 1.